The molecule has 0 aromatic carbocycles. The molecule has 0 atom stereocenters. The molecule has 0 aliphatic heterocycles. The second-order valence-corrected chi connectivity index (χ2v) is 4.24. The third kappa shape index (κ3) is 2.65. The van der Waals surface area contributed by atoms with Gasteiger partial charge in [-0.25, -0.2) is 8.78 Å². The summed E-state index contributed by atoms with van der Waals surface area (Å²) in [5, 5.41) is 0. The lowest BCUT2D eigenvalue weighted by Crippen LogP contribution is -2.31. The summed E-state index contributed by atoms with van der Waals surface area (Å²) in [6.45, 7) is 3.74. The van der Waals surface area contributed by atoms with Crippen molar-refractivity contribution < 1.29 is 8.78 Å². The van der Waals surface area contributed by atoms with Crippen LogP contribution in [-0.2, 0) is 0 Å². The zero-order valence-corrected chi connectivity index (χ0v) is 8.65. The summed E-state index contributed by atoms with van der Waals surface area (Å²) in [4.78, 5) is 0. The van der Waals surface area contributed by atoms with Gasteiger partial charge < -0.3 is 0 Å². The van der Waals surface area contributed by atoms with E-state index in [9.17, 15) is 8.78 Å². The monoisotopic (exact) mass is 190 g/mol. The van der Waals surface area contributed by atoms with Gasteiger partial charge in [-0.15, -0.1) is 0 Å². The van der Waals surface area contributed by atoms with E-state index in [1.54, 1.807) is 6.92 Å². The summed E-state index contributed by atoms with van der Waals surface area (Å²) in [5.41, 5.74) is 0. The normalized spacial score (nSPS) is 30.5. The van der Waals surface area contributed by atoms with E-state index in [4.69, 9.17) is 0 Å². The topological polar surface area (TPSA) is 0 Å². The van der Waals surface area contributed by atoms with Gasteiger partial charge in [0.05, 0.1) is 0 Å². The smallest absolute Gasteiger partial charge is 0.207 e. The van der Waals surface area contributed by atoms with Crippen LogP contribution in [0.15, 0.2) is 0 Å². The summed E-state index contributed by atoms with van der Waals surface area (Å²) in [6.07, 6.45) is 4.66. The van der Waals surface area contributed by atoms with E-state index < -0.39 is 5.92 Å². The van der Waals surface area contributed by atoms with Gasteiger partial charge in [0, 0.05) is 12.3 Å². The van der Waals surface area contributed by atoms with Crippen molar-refractivity contribution in [3.8, 4) is 0 Å². The van der Waals surface area contributed by atoms with Gasteiger partial charge in [0.25, 0.3) is 5.92 Å². The predicted octanol–water partition coefficient (Wildman–Crippen LogP) is 4.25. The molecule has 1 saturated carbocycles. The Morgan fingerprint density at radius 1 is 1.08 bits per heavy atom. The van der Waals surface area contributed by atoms with Crippen molar-refractivity contribution in [2.24, 2.45) is 11.8 Å². The summed E-state index contributed by atoms with van der Waals surface area (Å²) in [5.74, 6) is -2.03. The molecule has 1 aliphatic carbocycles. The van der Waals surface area contributed by atoms with Crippen LogP contribution in [0, 0.1) is 11.8 Å². The molecule has 0 heterocycles. The molecule has 78 valence electrons. The van der Waals surface area contributed by atoms with Crippen LogP contribution in [0.2, 0.25) is 0 Å². The zero-order chi connectivity index (χ0) is 9.90. The molecular formula is C11H20F2. The molecule has 0 amide bonds. The Bertz CT molecular complexity index is 146. The lowest BCUT2D eigenvalue weighted by Gasteiger charge is -2.32. The van der Waals surface area contributed by atoms with Gasteiger partial charge in [-0.2, -0.15) is 0 Å². The van der Waals surface area contributed by atoms with E-state index in [0.29, 0.717) is 5.92 Å². The molecule has 2 heteroatoms. The summed E-state index contributed by atoms with van der Waals surface area (Å²) in [6, 6.07) is 0. The number of hydrogen-bond donors (Lipinski definition) is 0. The minimum atomic E-state index is -2.40. The van der Waals surface area contributed by atoms with Crippen LogP contribution >= 0.6 is 0 Å². The van der Waals surface area contributed by atoms with Crippen molar-refractivity contribution in [1.82, 2.24) is 0 Å². The molecule has 1 fully saturated rings. The quantitative estimate of drug-likeness (QED) is 0.624. The molecule has 0 unspecified atom stereocenters. The minimum absolute atomic E-state index is 0.00839. The Hall–Kier alpha value is -0.140. The van der Waals surface area contributed by atoms with Gasteiger partial charge in [0.2, 0.25) is 0 Å². The van der Waals surface area contributed by atoms with Crippen LogP contribution in [0.25, 0.3) is 0 Å². The van der Waals surface area contributed by atoms with Crippen LogP contribution in [0.4, 0.5) is 8.78 Å². The van der Waals surface area contributed by atoms with Crippen LogP contribution in [0.1, 0.15) is 52.4 Å². The van der Waals surface area contributed by atoms with E-state index >= 15 is 0 Å². The van der Waals surface area contributed by atoms with Crippen LogP contribution in [0.5, 0.6) is 0 Å². The molecule has 0 aromatic heterocycles. The number of rotatable bonds is 3. The van der Waals surface area contributed by atoms with E-state index in [1.807, 2.05) is 0 Å². The number of hydrogen-bond acceptors (Lipinski definition) is 0. The highest BCUT2D eigenvalue weighted by atomic mass is 19.3. The van der Waals surface area contributed by atoms with E-state index in [1.165, 1.54) is 0 Å². The average Bonchev–Trinajstić information content (AvgIpc) is 2.18. The van der Waals surface area contributed by atoms with Gasteiger partial charge >= 0.3 is 0 Å². The highest BCUT2D eigenvalue weighted by Crippen LogP contribution is 2.40. The minimum Gasteiger partial charge on any atom is -0.207 e. The Labute approximate surface area is 79.7 Å². The van der Waals surface area contributed by atoms with Crippen molar-refractivity contribution in [1.29, 1.82) is 0 Å². The maximum atomic E-state index is 13.3. The maximum Gasteiger partial charge on any atom is 0.250 e. The van der Waals surface area contributed by atoms with Crippen molar-refractivity contribution in [2.45, 2.75) is 58.3 Å². The highest BCUT2D eigenvalue weighted by Gasteiger charge is 2.39. The van der Waals surface area contributed by atoms with Crippen LogP contribution < -0.4 is 0 Å². The molecule has 0 nitrogen and oxygen atoms in total. The Kier molecular flexibility index (Phi) is 3.69. The van der Waals surface area contributed by atoms with Gasteiger partial charge in [-0.1, -0.05) is 20.3 Å². The van der Waals surface area contributed by atoms with Crippen LogP contribution in [0.3, 0.4) is 0 Å². The zero-order valence-electron chi connectivity index (χ0n) is 8.65. The molecule has 1 rings (SSSR count). The van der Waals surface area contributed by atoms with Gasteiger partial charge in [-0.05, 0) is 31.6 Å². The van der Waals surface area contributed by atoms with Crippen molar-refractivity contribution in [3.63, 3.8) is 0 Å². The summed E-state index contributed by atoms with van der Waals surface area (Å²) in [7, 11) is 0. The summed E-state index contributed by atoms with van der Waals surface area (Å²) < 4.78 is 26.5. The fourth-order valence-corrected chi connectivity index (χ4v) is 2.28. The second-order valence-electron chi connectivity index (χ2n) is 4.24. The molecule has 0 aromatic rings. The Morgan fingerprint density at radius 2 is 1.62 bits per heavy atom. The third-order valence-corrected chi connectivity index (χ3v) is 3.49. The van der Waals surface area contributed by atoms with Gasteiger partial charge in [0.15, 0.2) is 0 Å². The van der Waals surface area contributed by atoms with Crippen molar-refractivity contribution >= 4 is 0 Å². The molecule has 1 aliphatic rings. The standard InChI is InChI=1S/C11H20F2/c1-3-9-5-7-10(8-6-9)11(12,13)4-2/h9-10H,3-8H2,1-2H3. The first kappa shape index (κ1) is 10.9. The molecule has 13 heavy (non-hydrogen) atoms. The maximum absolute atomic E-state index is 13.3. The van der Waals surface area contributed by atoms with Crippen LogP contribution in [-0.4, -0.2) is 5.92 Å². The fourth-order valence-electron chi connectivity index (χ4n) is 2.28. The van der Waals surface area contributed by atoms with E-state index in [0.717, 1.165) is 32.1 Å². The SMILES string of the molecule is CCC1CCC(C(F)(F)CC)CC1. The molecular weight excluding hydrogens is 170 g/mol. The molecule has 0 N–H and O–H groups in total. The van der Waals surface area contributed by atoms with Gasteiger partial charge in [0.1, 0.15) is 0 Å². The number of alkyl halides is 2. The lowest BCUT2D eigenvalue weighted by molar-refractivity contribution is -0.0777. The first-order valence-electron chi connectivity index (χ1n) is 5.48. The van der Waals surface area contributed by atoms with E-state index in [2.05, 4.69) is 6.92 Å². The first-order valence-corrected chi connectivity index (χ1v) is 5.48. The van der Waals surface area contributed by atoms with Crippen molar-refractivity contribution in [2.75, 3.05) is 0 Å². The first-order chi connectivity index (χ1) is 6.10. The third-order valence-electron chi connectivity index (χ3n) is 3.49. The molecule has 0 saturated heterocycles. The predicted molar refractivity (Wildman–Crippen MR) is 51.0 cm³/mol. The Balaban J connectivity index is 2.40. The number of halogens is 2. The lowest BCUT2D eigenvalue weighted by atomic mass is 9.77. The van der Waals surface area contributed by atoms with E-state index in [-0.39, 0.29) is 12.3 Å². The molecule has 0 bridgehead atoms. The fraction of sp³-hybridized carbons (Fsp3) is 1.00. The Morgan fingerprint density at radius 3 is 2.00 bits per heavy atom. The average molecular weight is 190 g/mol. The largest absolute Gasteiger partial charge is 0.250 e. The second kappa shape index (κ2) is 4.39. The molecule has 0 radical (unpaired) electrons. The van der Waals surface area contributed by atoms with Crippen molar-refractivity contribution in [3.05, 3.63) is 0 Å². The molecule has 0 spiro atoms. The highest BCUT2D eigenvalue weighted by molar-refractivity contribution is 4.81. The summed E-state index contributed by atoms with van der Waals surface area (Å²) >= 11 is 0. The van der Waals surface area contributed by atoms with Gasteiger partial charge in [-0.3, -0.25) is 0 Å².